The average molecular weight is 194 g/mol. The predicted molar refractivity (Wildman–Crippen MR) is 66.6 cm³/mol. The van der Waals surface area contributed by atoms with Crippen molar-refractivity contribution in [1.82, 2.24) is 0 Å². The van der Waals surface area contributed by atoms with Gasteiger partial charge in [0, 0.05) is 0 Å². The molecule has 0 aliphatic rings. The third-order valence-electron chi connectivity index (χ3n) is 2.40. The van der Waals surface area contributed by atoms with Gasteiger partial charge in [0.15, 0.2) is 0 Å². The molecule has 0 aliphatic heterocycles. The molecule has 0 aromatic rings. The molecule has 0 N–H and O–H groups in total. The molecule has 0 aromatic heterocycles. The van der Waals surface area contributed by atoms with Gasteiger partial charge in [0.2, 0.25) is 0 Å². The lowest BCUT2D eigenvalue weighted by molar-refractivity contribution is 0.622. The Morgan fingerprint density at radius 3 is 2.00 bits per heavy atom. The summed E-state index contributed by atoms with van der Waals surface area (Å²) < 4.78 is 0. The van der Waals surface area contributed by atoms with Crippen LogP contribution in [-0.4, -0.2) is 0 Å². The van der Waals surface area contributed by atoms with Gasteiger partial charge in [-0.25, -0.2) is 0 Å². The highest BCUT2D eigenvalue weighted by atomic mass is 13.9. The van der Waals surface area contributed by atoms with Gasteiger partial charge >= 0.3 is 0 Å². The minimum Gasteiger partial charge on any atom is -0.103 e. The Bertz CT molecular complexity index is 133. The van der Waals surface area contributed by atoms with E-state index >= 15 is 0 Å². The SMILES string of the molecule is C=CCCCCCCCC=CCCC. The van der Waals surface area contributed by atoms with E-state index in [9.17, 15) is 0 Å². The first-order valence-corrected chi connectivity index (χ1v) is 6.17. The zero-order valence-corrected chi connectivity index (χ0v) is 9.80. The number of hydrogen-bond acceptors (Lipinski definition) is 0. The molecule has 0 heteroatoms. The number of rotatable bonds is 10. The molecule has 0 nitrogen and oxygen atoms in total. The Kier molecular flexibility index (Phi) is 12.0. The van der Waals surface area contributed by atoms with Gasteiger partial charge < -0.3 is 0 Å². The standard InChI is InChI=1S/C14H26/c1-3-5-7-9-11-13-14-12-10-8-6-4-2/h3,8,10H,1,4-7,9,11-14H2,2H3. The van der Waals surface area contributed by atoms with Gasteiger partial charge in [0.05, 0.1) is 0 Å². The molecule has 0 fully saturated rings. The first kappa shape index (κ1) is 13.5. The van der Waals surface area contributed by atoms with E-state index in [0.717, 1.165) is 0 Å². The number of hydrogen-bond donors (Lipinski definition) is 0. The van der Waals surface area contributed by atoms with Crippen molar-refractivity contribution in [1.29, 1.82) is 0 Å². The van der Waals surface area contributed by atoms with Crippen LogP contribution >= 0.6 is 0 Å². The summed E-state index contributed by atoms with van der Waals surface area (Å²) in [6.45, 7) is 5.95. The molecule has 0 saturated heterocycles. The maximum absolute atomic E-state index is 3.73. The van der Waals surface area contributed by atoms with Gasteiger partial charge in [0.25, 0.3) is 0 Å². The van der Waals surface area contributed by atoms with Crippen molar-refractivity contribution in [3.05, 3.63) is 24.8 Å². The van der Waals surface area contributed by atoms with Crippen molar-refractivity contribution >= 4 is 0 Å². The summed E-state index contributed by atoms with van der Waals surface area (Å²) in [7, 11) is 0. The van der Waals surface area contributed by atoms with Gasteiger partial charge in [-0.15, -0.1) is 6.58 Å². The average Bonchev–Trinajstić information content (AvgIpc) is 2.21. The van der Waals surface area contributed by atoms with Crippen molar-refractivity contribution in [3.63, 3.8) is 0 Å². The molecular formula is C14H26. The molecule has 0 saturated carbocycles. The second kappa shape index (κ2) is 12.5. The van der Waals surface area contributed by atoms with E-state index in [4.69, 9.17) is 0 Å². The smallest absolute Gasteiger partial charge is 0.0351 e. The Balaban J connectivity index is 2.95. The Labute approximate surface area is 90.1 Å². The van der Waals surface area contributed by atoms with Crippen LogP contribution in [0.1, 0.15) is 64.7 Å². The van der Waals surface area contributed by atoms with Gasteiger partial charge in [-0.05, 0) is 32.1 Å². The van der Waals surface area contributed by atoms with Crippen LogP contribution in [0.5, 0.6) is 0 Å². The molecule has 82 valence electrons. The molecule has 0 heterocycles. The molecule has 0 aliphatic carbocycles. The minimum atomic E-state index is 1.19. The highest BCUT2D eigenvalue weighted by Crippen LogP contribution is 2.07. The van der Waals surface area contributed by atoms with Crippen LogP contribution in [0.15, 0.2) is 24.8 Å². The Morgan fingerprint density at radius 1 is 0.786 bits per heavy atom. The normalized spacial score (nSPS) is 10.9. The largest absolute Gasteiger partial charge is 0.103 e. The zero-order valence-electron chi connectivity index (χ0n) is 9.80. The third-order valence-corrected chi connectivity index (χ3v) is 2.40. The lowest BCUT2D eigenvalue weighted by Gasteiger charge is -1.97. The second-order valence-corrected chi connectivity index (χ2v) is 3.89. The summed E-state index contributed by atoms with van der Waals surface area (Å²) in [6.07, 6.45) is 18.5. The van der Waals surface area contributed by atoms with E-state index in [0.29, 0.717) is 0 Å². The molecule has 0 atom stereocenters. The summed E-state index contributed by atoms with van der Waals surface area (Å²) >= 11 is 0. The van der Waals surface area contributed by atoms with E-state index in [1.807, 2.05) is 6.08 Å². The van der Waals surface area contributed by atoms with Gasteiger partial charge in [-0.2, -0.15) is 0 Å². The number of unbranched alkanes of at least 4 members (excludes halogenated alkanes) is 7. The van der Waals surface area contributed by atoms with Crippen LogP contribution < -0.4 is 0 Å². The van der Waals surface area contributed by atoms with Crippen LogP contribution in [-0.2, 0) is 0 Å². The van der Waals surface area contributed by atoms with Gasteiger partial charge in [-0.3, -0.25) is 0 Å². The molecular weight excluding hydrogens is 168 g/mol. The molecule has 0 amide bonds. The fraction of sp³-hybridized carbons (Fsp3) is 0.714. The highest BCUT2D eigenvalue weighted by molar-refractivity contribution is 4.80. The predicted octanol–water partition coefficient (Wildman–Crippen LogP) is 5.26. The van der Waals surface area contributed by atoms with Gasteiger partial charge in [0.1, 0.15) is 0 Å². The summed E-state index contributed by atoms with van der Waals surface area (Å²) in [6, 6.07) is 0. The first-order chi connectivity index (χ1) is 6.91. The van der Waals surface area contributed by atoms with Crippen LogP contribution in [0.2, 0.25) is 0 Å². The second-order valence-electron chi connectivity index (χ2n) is 3.89. The molecule has 0 rings (SSSR count). The van der Waals surface area contributed by atoms with Crippen LogP contribution in [0.4, 0.5) is 0 Å². The third kappa shape index (κ3) is 11.5. The fourth-order valence-electron chi connectivity index (χ4n) is 1.48. The lowest BCUT2D eigenvalue weighted by Crippen LogP contribution is -1.77. The summed E-state index contributed by atoms with van der Waals surface area (Å²) in [4.78, 5) is 0. The summed E-state index contributed by atoms with van der Waals surface area (Å²) in [5, 5.41) is 0. The van der Waals surface area contributed by atoms with Crippen molar-refractivity contribution in [2.75, 3.05) is 0 Å². The van der Waals surface area contributed by atoms with Crippen LogP contribution in [0.3, 0.4) is 0 Å². The van der Waals surface area contributed by atoms with E-state index in [1.165, 1.54) is 57.8 Å². The molecule has 0 aromatic carbocycles. The van der Waals surface area contributed by atoms with E-state index in [-0.39, 0.29) is 0 Å². The maximum atomic E-state index is 3.73. The van der Waals surface area contributed by atoms with E-state index in [2.05, 4.69) is 25.7 Å². The van der Waals surface area contributed by atoms with Crippen molar-refractivity contribution in [2.24, 2.45) is 0 Å². The summed E-state index contributed by atoms with van der Waals surface area (Å²) in [5.74, 6) is 0. The molecule has 0 unspecified atom stereocenters. The van der Waals surface area contributed by atoms with Crippen LogP contribution in [0.25, 0.3) is 0 Å². The maximum Gasteiger partial charge on any atom is -0.0351 e. The van der Waals surface area contributed by atoms with E-state index < -0.39 is 0 Å². The summed E-state index contributed by atoms with van der Waals surface area (Å²) in [5.41, 5.74) is 0. The Hall–Kier alpha value is -0.520. The highest BCUT2D eigenvalue weighted by Gasteiger charge is 1.88. The molecule has 0 bridgehead atoms. The number of allylic oxidation sites excluding steroid dienone is 3. The van der Waals surface area contributed by atoms with E-state index in [1.54, 1.807) is 0 Å². The molecule has 0 radical (unpaired) electrons. The van der Waals surface area contributed by atoms with Crippen molar-refractivity contribution in [3.8, 4) is 0 Å². The monoisotopic (exact) mass is 194 g/mol. The molecule has 14 heavy (non-hydrogen) atoms. The minimum absolute atomic E-state index is 1.19. The van der Waals surface area contributed by atoms with Crippen LogP contribution in [0, 0.1) is 0 Å². The molecule has 0 spiro atoms. The zero-order chi connectivity index (χ0) is 10.5. The Morgan fingerprint density at radius 2 is 1.36 bits per heavy atom. The quantitative estimate of drug-likeness (QED) is 0.329. The van der Waals surface area contributed by atoms with Gasteiger partial charge in [-0.1, -0.05) is 50.8 Å². The fourth-order valence-corrected chi connectivity index (χ4v) is 1.48. The first-order valence-electron chi connectivity index (χ1n) is 6.17. The topological polar surface area (TPSA) is 0 Å². The lowest BCUT2D eigenvalue weighted by atomic mass is 10.1. The van der Waals surface area contributed by atoms with Crippen molar-refractivity contribution in [2.45, 2.75) is 64.7 Å². The van der Waals surface area contributed by atoms with Crippen molar-refractivity contribution < 1.29 is 0 Å².